The molecule has 0 saturated heterocycles. The average molecular weight is 377 g/mol. The van der Waals surface area contributed by atoms with Crippen LogP contribution in [0.1, 0.15) is 15.9 Å². The molecule has 0 aliphatic carbocycles. The molecule has 3 aromatic rings. The van der Waals surface area contributed by atoms with Gasteiger partial charge in [-0.25, -0.2) is 0 Å². The van der Waals surface area contributed by atoms with Gasteiger partial charge in [-0.15, -0.1) is 0 Å². The van der Waals surface area contributed by atoms with Gasteiger partial charge >= 0.3 is 0 Å². The van der Waals surface area contributed by atoms with Crippen LogP contribution in [0, 0.1) is 0 Å². The summed E-state index contributed by atoms with van der Waals surface area (Å²) in [5.41, 5.74) is 2.41. The summed E-state index contributed by atoms with van der Waals surface area (Å²) in [6, 6.07) is 22.5. The first-order valence-electron chi connectivity index (χ1n) is 9.00. The van der Waals surface area contributed by atoms with Crippen LogP contribution in [0.4, 0.5) is 5.69 Å². The van der Waals surface area contributed by atoms with Gasteiger partial charge in [0, 0.05) is 23.7 Å². The Balaban J connectivity index is 1.56. The van der Waals surface area contributed by atoms with Crippen molar-refractivity contribution in [2.24, 2.45) is 0 Å². The summed E-state index contributed by atoms with van der Waals surface area (Å²) >= 11 is 0. The molecule has 0 unspecified atom stereocenters. The molecule has 0 fully saturated rings. The zero-order chi connectivity index (χ0) is 19.8. The Morgan fingerprint density at radius 3 is 2.25 bits per heavy atom. The van der Waals surface area contributed by atoms with E-state index in [1.54, 1.807) is 56.7 Å². The quantitative estimate of drug-likeness (QED) is 0.624. The molecule has 0 saturated carbocycles. The maximum atomic E-state index is 12.5. The van der Waals surface area contributed by atoms with Gasteiger partial charge in [-0.3, -0.25) is 4.79 Å². The normalized spacial score (nSPS) is 10.2. The van der Waals surface area contributed by atoms with Crippen molar-refractivity contribution in [1.82, 2.24) is 0 Å². The fraction of sp³-hybridized carbons (Fsp3) is 0.174. The predicted molar refractivity (Wildman–Crippen MR) is 110 cm³/mol. The van der Waals surface area contributed by atoms with E-state index in [-0.39, 0.29) is 5.91 Å². The molecular weight excluding hydrogens is 354 g/mol. The molecule has 0 bridgehead atoms. The molecule has 0 aliphatic heterocycles. The molecule has 3 rings (SSSR count). The molecule has 5 heteroatoms. The fourth-order valence-electron chi connectivity index (χ4n) is 2.75. The van der Waals surface area contributed by atoms with Gasteiger partial charge in [-0.2, -0.15) is 0 Å². The summed E-state index contributed by atoms with van der Waals surface area (Å²) < 4.78 is 16.2. The summed E-state index contributed by atoms with van der Waals surface area (Å²) in [6.07, 6.45) is 0.836. The minimum Gasteiger partial charge on any atom is -0.493 e. The monoisotopic (exact) mass is 377 g/mol. The number of ether oxygens (including phenoxy) is 3. The van der Waals surface area contributed by atoms with Crippen LogP contribution >= 0.6 is 0 Å². The van der Waals surface area contributed by atoms with Crippen LogP contribution < -0.4 is 19.5 Å². The third-order valence-electron chi connectivity index (χ3n) is 4.26. The number of nitrogens with one attached hydrogen (secondary N) is 1. The Morgan fingerprint density at radius 1 is 0.857 bits per heavy atom. The molecule has 0 radical (unpaired) electrons. The number of carbonyl (C=O) groups excluding carboxylic acids is 1. The van der Waals surface area contributed by atoms with Crippen molar-refractivity contribution in [3.63, 3.8) is 0 Å². The largest absolute Gasteiger partial charge is 0.493 e. The van der Waals surface area contributed by atoms with Crippen LogP contribution in [0.5, 0.6) is 17.2 Å². The van der Waals surface area contributed by atoms with Crippen molar-refractivity contribution in [2.45, 2.75) is 6.42 Å². The number of benzene rings is 3. The van der Waals surface area contributed by atoms with Crippen molar-refractivity contribution in [2.75, 3.05) is 26.1 Å². The SMILES string of the molecule is COc1ccc(NC(=O)c2ccc(OCCc3ccccc3)cc2)cc1OC. The van der Waals surface area contributed by atoms with E-state index in [1.807, 2.05) is 18.2 Å². The molecule has 0 spiro atoms. The first-order valence-corrected chi connectivity index (χ1v) is 9.00. The highest BCUT2D eigenvalue weighted by Crippen LogP contribution is 2.30. The second-order valence-corrected chi connectivity index (χ2v) is 6.13. The van der Waals surface area contributed by atoms with Gasteiger partial charge < -0.3 is 19.5 Å². The van der Waals surface area contributed by atoms with E-state index >= 15 is 0 Å². The summed E-state index contributed by atoms with van der Waals surface area (Å²) in [4.78, 5) is 12.5. The molecule has 144 valence electrons. The van der Waals surface area contributed by atoms with Gasteiger partial charge in [0.05, 0.1) is 20.8 Å². The molecule has 28 heavy (non-hydrogen) atoms. The third kappa shape index (κ3) is 5.04. The zero-order valence-electron chi connectivity index (χ0n) is 16.0. The van der Waals surface area contributed by atoms with Crippen LogP contribution in [0.2, 0.25) is 0 Å². The first-order chi connectivity index (χ1) is 13.7. The van der Waals surface area contributed by atoms with Crippen LogP contribution in [-0.4, -0.2) is 26.7 Å². The minimum absolute atomic E-state index is 0.206. The Morgan fingerprint density at radius 2 is 1.57 bits per heavy atom. The third-order valence-corrected chi connectivity index (χ3v) is 4.26. The number of hydrogen-bond donors (Lipinski definition) is 1. The van der Waals surface area contributed by atoms with E-state index in [1.165, 1.54) is 5.56 Å². The molecule has 0 aromatic heterocycles. The maximum Gasteiger partial charge on any atom is 0.255 e. The van der Waals surface area contributed by atoms with E-state index in [9.17, 15) is 4.79 Å². The second-order valence-electron chi connectivity index (χ2n) is 6.13. The smallest absolute Gasteiger partial charge is 0.255 e. The standard InChI is InChI=1S/C23H23NO4/c1-26-21-13-10-19(16-22(21)27-2)24-23(25)18-8-11-20(12-9-18)28-15-14-17-6-4-3-5-7-17/h3-13,16H,14-15H2,1-2H3,(H,24,25). The number of amides is 1. The van der Waals surface area contributed by atoms with Crippen LogP contribution in [-0.2, 0) is 6.42 Å². The number of methoxy groups -OCH3 is 2. The lowest BCUT2D eigenvalue weighted by molar-refractivity contribution is 0.102. The van der Waals surface area contributed by atoms with Crippen LogP contribution in [0.3, 0.4) is 0 Å². The van der Waals surface area contributed by atoms with Gasteiger partial charge in [0.1, 0.15) is 5.75 Å². The highest BCUT2D eigenvalue weighted by Gasteiger charge is 2.09. The van der Waals surface area contributed by atoms with Crippen molar-refractivity contribution in [3.8, 4) is 17.2 Å². The number of hydrogen-bond acceptors (Lipinski definition) is 4. The zero-order valence-corrected chi connectivity index (χ0v) is 16.0. The predicted octanol–water partition coefficient (Wildman–Crippen LogP) is 4.58. The Bertz CT molecular complexity index is 908. The van der Waals surface area contributed by atoms with E-state index in [4.69, 9.17) is 14.2 Å². The molecular formula is C23H23NO4. The van der Waals surface area contributed by atoms with E-state index < -0.39 is 0 Å². The number of anilines is 1. The topological polar surface area (TPSA) is 56.8 Å². The molecule has 3 aromatic carbocycles. The number of rotatable bonds is 8. The highest BCUT2D eigenvalue weighted by molar-refractivity contribution is 6.04. The summed E-state index contributed by atoms with van der Waals surface area (Å²) in [5, 5.41) is 2.85. The van der Waals surface area contributed by atoms with E-state index in [2.05, 4.69) is 17.4 Å². The van der Waals surface area contributed by atoms with Crippen LogP contribution in [0.25, 0.3) is 0 Å². The maximum absolute atomic E-state index is 12.5. The molecule has 5 nitrogen and oxygen atoms in total. The fourth-order valence-corrected chi connectivity index (χ4v) is 2.75. The number of carbonyl (C=O) groups is 1. The lowest BCUT2D eigenvalue weighted by atomic mass is 10.1. The van der Waals surface area contributed by atoms with Gasteiger partial charge in [0.15, 0.2) is 11.5 Å². The Kier molecular flexibility index (Phi) is 6.52. The minimum atomic E-state index is -0.206. The van der Waals surface area contributed by atoms with Gasteiger partial charge in [-0.1, -0.05) is 30.3 Å². The van der Waals surface area contributed by atoms with Gasteiger partial charge in [0.2, 0.25) is 0 Å². The summed E-state index contributed by atoms with van der Waals surface area (Å²) in [7, 11) is 3.12. The molecule has 0 atom stereocenters. The Labute approximate surface area is 164 Å². The Hall–Kier alpha value is -3.47. The van der Waals surface area contributed by atoms with E-state index in [0.717, 1.165) is 12.2 Å². The first kappa shape index (κ1) is 19.3. The summed E-state index contributed by atoms with van der Waals surface area (Å²) in [5.74, 6) is 1.70. The lowest BCUT2D eigenvalue weighted by Gasteiger charge is -2.11. The molecule has 0 aliphatic rings. The molecule has 0 heterocycles. The molecule has 1 N–H and O–H groups in total. The van der Waals surface area contributed by atoms with E-state index in [0.29, 0.717) is 29.4 Å². The van der Waals surface area contributed by atoms with Crippen molar-refractivity contribution in [1.29, 1.82) is 0 Å². The van der Waals surface area contributed by atoms with Crippen LogP contribution in [0.15, 0.2) is 72.8 Å². The average Bonchev–Trinajstić information content (AvgIpc) is 2.75. The second kappa shape index (κ2) is 9.46. The summed E-state index contributed by atoms with van der Waals surface area (Å²) in [6.45, 7) is 0.585. The molecule has 1 amide bonds. The van der Waals surface area contributed by atoms with Crippen molar-refractivity contribution >= 4 is 11.6 Å². The van der Waals surface area contributed by atoms with Crippen molar-refractivity contribution < 1.29 is 19.0 Å². The highest BCUT2D eigenvalue weighted by atomic mass is 16.5. The van der Waals surface area contributed by atoms with Crippen molar-refractivity contribution in [3.05, 3.63) is 83.9 Å². The van der Waals surface area contributed by atoms with Gasteiger partial charge in [0.25, 0.3) is 5.91 Å². The van der Waals surface area contributed by atoms with Gasteiger partial charge in [-0.05, 0) is 42.0 Å². The lowest BCUT2D eigenvalue weighted by Crippen LogP contribution is -2.12.